The van der Waals surface area contributed by atoms with Crippen LogP contribution in [0.25, 0.3) is 11.0 Å². The molecule has 1 heterocycles. The number of carboxylic acid groups (broad SMARTS) is 1. The molecule has 118 valence electrons. The number of carboxylic acids is 1. The fraction of sp³-hybridized carbons (Fsp3) is 0.375. The Morgan fingerprint density at radius 1 is 1.36 bits per heavy atom. The Bertz CT molecular complexity index is 759. The summed E-state index contributed by atoms with van der Waals surface area (Å²) in [5.41, 5.74) is 1.00. The Kier molecular flexibility index (Phi) is 4.51. The van der Waals surface area contributed by atoms with Gasteiger partial charge in [0.1, 0.15) is 11.3 Å². The van der Waals surface area contributed by atoms with Crippen molar-refractivity contribution in [2.24, 2.45) is 0 Å². The van der Waals surface area contributed by atoms with Crippen LogP contribution in [0.4, 0.5) is 0 Å². The van der Waals surface area contributed by atoms with E-state index in [1.165, 1.54) is 13.0 Å². The average Bonchev–Trinajstić information content (AvgIpc) is 2.42. The first-order valence-corrected chi connectivity index (χ1v) is 6.93. The molecule has 1 aromatic heterocycles. The number of aliphatic hydroxyl groups is 1. The molecule has 0 saturated heterocycles. The third kappa shape index (κ3) is 3.28. The van der Waals surface area contributed by atoms with Crippen molar-refractivity contribution in [2.45, 2.75) is 39.4 Å². The van der Waals surface area contributed by atoms with E-state index in [0.29, 0.717) is 16.9 Å². The molecule has 2 N–H and O–H groups in total. The molecule has 0 amide bonds. The first kappa shape index (κ1) is 16.0. The highest BCUT2D eigenvalue weighted by Gasteiger charge is 2.16. The molecule has 6 heteroatoms. The molecule has 0 aliphatic carbocycles. The normalized spacial score (nSPS) is 13.8. The van der Waals surface area contributed by atoms with E-state index in [9.17, 15) is 14.7 Å². The summed E-state index contributed by atoms with van der Waals surface area (Å²) in [6.45, 7) is 4.81. The van der Waals surface area contributed by atoms with Crippen molar-refractivity contribution in [3.8, 4) is 5.75 Å². The number of hydrogen-bond donors (Lipinski definition) is 2. The van der Waals surface area contributed by atoms with Gasteiger partial charge < -0.3 is 19.4 Å². The zero-order chi connectivity index (χ0) is 16.4. The van der Waals surface area contributed by atoms with Crippen molar-refractivity contribution < 1.29 is 24.2 Å². The van der Waals surface area contributed by atoms with E-state index in [2.05, 4.69) is 0 Å². The van der Waals surface area contributed by atoms with Gasteiger partial charge >= 0.3 is 11.6 Å². The first-order valence-electron chi connectivity index (χ1n) is 6.93. The maximum atomic E-state index is 12.0. The van der Waals surface area contributed by atoms with Gasteiger partial charge in [-0.3, -0.25) is 0 Å². The Hall–Kier alpha value is -2.34. The van der Waals surface area contributed by atoms with Crippen molar-refractivity contribution >= 4 is 16.9 Å². The second-order valence-electron chi connectivity index (χ2n) is 5.30. The third-order valence-corrected chi connectivity index (χ3v) is 3.42. The van der Waals surface area contributed by atoms with E-state index in [4.69, 9.17) is 14.3 Å². The number of hydrogen-bond acceptors (Lipinski definition) is 5. The van der Waals surface area contributed by atoms with Crippen LogP contribution < -0.4 is 10.4 Å². The van der Waals surface area contributed by atoms with Crippen LogP contribution in [0, 0.1) is 6.92 Å². The average molecular weight is 306 g/mol. The van der Waals surface area contributed by atoms with Crippen molar-refractivity contribution in [1.82, 2.24) is 0 Å². The molecule has 22 heavy (non-hydrogen) atoms. The molecule has 2 rings (SSSR count). The highest BCUT2D eigenvalue weighted by atomic mass is 16.5. The van der Waals surface area contributed by atoms with Gasteiger partial charge in [-0.2, -0.15) is 0 Å². The van der Waals surface area contributed by atoms with E-state index < -0.39 is 23.8 Å². The maximum absolute atomic E-state index is 12.0. The lowest BCUT2D eigenvalue weighted by molar-refractivity contribution is -0.144. The molecule has 2 aromatic rings. The predicted molar refractivity (Wildman–Crippen MR) is 80.3 cm³/mol. The quantitative estimate of drug-likeness (QED) is 0.819. The van der Waals surface area contributed by atoms with E-state index in [1.54, 1.807) is 26.0 Å². The summed E-state index contributed by atoms with van der Waals surface area (Å²) in [5, 5.41) is 19.0. The molecule has 2 atom stereocenters. The molecule has 0 radical (unpaired) electrons. The SMILES string of the molecule is Cc1c(CC(C)O)c(=O)oc2cc(OC(C)C(=O)O)ccc12. The fourth-order valence-corrected chi connectivity index (χ4v) is 2.23. The molecule has 1 aromatic carbocycles. The van der Waals surface area contributed by atoms with Crippen LogP contribution in [0.1, 0.15) is 25.0 Å². The van der Waals surface area contributed by atoms with Crippen molar-refractivity contribution in [3.05, 3.63) is 39.7 Å². The smallest absolute Gasteiger partial charge is 0.344 e. The Labute approximate surface area is 126 Å². The van der Waals surface area contributed by atoms with Crippen molar-refractivity contribution in [2.75, 3.05) is 0 Å². The van der Waals surface area contributed by atoms with Gasteiger partial charge in [0.15, 0.2) is 6.10 Å². The van der Waals surface area contributed by atoms with Gasteiger partial charge in [0.2, 0.25) is 0 Å². The number of benzene rings is 1. The van der Waals surface area contributed by atoms with Crippen LogP contribution in [0.2, 0.25) is 0 Å². The highest BCUT2D eigenvalue weighted by molar-refractivity contribution is 5.82. The van der Waals surface area contributed by atoms with Gasteiger partial charge in [-0.05, 0) is 38.5 Å². The molecule has 2 unspecified atom stereocenters. The molecular formula is C16H18O6. The van der Waals surface area contributed by atoms with Crippen LogP contribution in [-0.2, 0) is 11.2 Å². The molecule has 0 aliphatic heterocycles. The zero-order valence-corrected chi connectivity index (χ0v) is 12.6. The minimum Gasteiger partial charge on any atom is -0.479 e. The van der Waals surface area contributed by atoms with Crippen LogP contribution in [0.15, 0.2) is 27.4 Å². The predicted octanol–water partition coefficient (Wildman–Crippen LogP) is 1.88. The number of aliphatic carboxylic acids is 1. The Morgan fingerprint density at radius 3 is 2.64 bits per heavy atom. The van der Waals surface area contributed by atoms with Crippen molar-refractivity contribution in [3.63, 3.8) is 0 Å². The van der Waals surface area contributed by atoms with Crippen molar-refractivity contribution in [1.29, 1.82) is 0 Å². The van der Waals surface area contributed by atoms with Crippen LogP contribution in [0.3, 0.4) is 0 Å². The summed E-state index contributed by atoms with van der Waals surface area (Å²) in [6, 6.07) is 4.83. The third-order valence-electron chi connectivity index (χ3n) is 3.42. The zero-order valence-electron chi connectivity index (χ0n) is 12.6. The Morgan fingerprint density at radius 2 is 2.05 bits per heavy atom. The van der Waals surface area contributed by atoms with Gasteiger partial charge in [-0.15, -0.1) is 0 Å². The van der Waals surface area contributed by atoms with Gasteiger partial charge in [0.25, 0.3) is 0 Å². The monoisotopic (exact) mass is 306 g/mol. The minimum atomic E-state index is -1.08. The summed E-state index contributed by atoms with van der Waals surface area (Å²) in [5.74, 6) is -0.766. The molecule has 0 spiro atoms. The summed E-state index contributed by atoms with van der Waals surface area (Å²) >= 11 is 0. The van der Waals surface area contributed by atoms with Gasteiger partial charge in [0.05, 0.1) is 6.10 Å². The highest BCUT2D eigenvalue weighted by Crippen LogP contribution is 2.25. The summed E-state index contributed by atoms with van der Waals surface area (Å²) in [7, 11) is 0. The fourth-order valence-electron chi connectivity index (χ4n) is 2.23. The number of fused-ring (bicyclic) bond motifs is 1. The molecule has 0 fully saturated rings. The maximum Gasteiger partial charge on any atom is 0.344 e. The topological polar surface area (TPSA) is 97.0 Å². The number of aryl methyl sites for hydroxylation is 1. The standard InChI is InChI=1S/C16H18O6/c1-8(17)6-13-9(2)12-5-4-11(21-10(3)15(18)19)7-14(12)22-16(13)20/h4-5,7-8,10,17H,6H2,1-3H3,(H,18,19). The lowest BCUT2D eigenvalue weighted by Gasteiger charge is -2.12. The molecule has 0 saturated carbocycles. The molecule has 0 aliphatic rings. The second kappa shape index (κ2) is 6.19. The van der Waals surface area contributed by atoms with Crippen LogP contribution in [0.5, 0.6) is 5.75 Å². The van der Waals surface area contributed by atoms with Crippen LogP contribution in [-0.4, -0.2) is 28.4 Å². The molecular weight excluding hydrogens is 288 g/mol. The minimum absolute atomic E-state index is 0.221. The lowest BCUT2D eigenvalue weighted by Crippen LogP contribution is -2.22. The van der Waals surface area contributed by atoms with Gasteiger partial charge in [-0.25, -0.2) is 9.59 Å². The lowest BCUT2D eigenvalue weighted by atomic mass is 10.0. The second-order valence-corrected chi connectivity index (χ2v) is 5.30. The molecule has 6 nitrogen and oxygen atoms in total. The molecule has 0 bridgehead atoms. The van der Waals surface area contributed by atoms with E-state index in [-0.39, 0.29) is 6.42 Å². The largest absolute Gasteiger partial charge is 0.479 e. The summed E-state index contributed by atoms with van der Waals surface area (Å²) < 4.78 is 10.5. The van der Waals surface area contributed by atoms with Crippen LogP contribution >= 0.6 is 0 Å². The summed E-state index contributed by atoms with van der Waals surface area (Å²) in [4.78, 5) is 22.8. The van der Waals surface area contributed by atoms with E-state index in [0.717, 1.165) is 10.9 Å². The van der Waals surface area contributed by atoms with Gasteiger partial charge in [0, 0.05) is 23.4 Å². The van der Waals surface area contributed by atoms with Gasteiger partial charge in [-0.1, -0.05) is 0 Å². The Balaban J connectivity index is 2.47. The van der Waals surface area contributed by atoms with E-state index in [1.807, 2.05) is 0 Å². The number of ether oxygens (including phenoxy) is 1. The number of aliphatic hydroxyl groups excluding tert-OH is 1. The van der Waals surface area contributed by atoms with E-state index >= 15 is 0 Å². The summed E-state index contributed by atoms with van der Waals surface area (Å²) in [6.07, 6.45) is -1.42. The number of rotatable bonds is 5. The number of carbonyl (C=O) groups is 1. The first-order chi connectivity index (χ1) is 10.3.